The fraction of sp³-hybridized carbons (Fsp3) is 0.188. The molecule has 0 radical (unpaired) electrons. The number of hydrogen-bond donors (Lipinski definition) is 1. The Morgan fingerprint density at radius 1 is 1.11 bits per heavy atom. The summed E-state index contributed by atoms with van der Waals surface area (Å²) in [5, 5.41) is 3.69. The zero-order valence-corrected chi connectivity index (χ0v) is 11.7. The predicted molar refractivity (Wildman–Crippen MR) is 78.5 cm³/mol. The zero-order chi connectivity index (χ0) is 13.8. The van der Waals surface area contributed by atoms with Crippen molar-refractivity contribution in [3.05, 3.63) is 70.2 Å². The van der Waals surface area contributed by atoms with E-state index in [1.54, 1.807) is 0 Å². The Kier molecular flexibility index (Phi) is 4.23. The third-order valence-corrected chi connectivity index (χ3v) is 3.36. The van der Waals surface area contributed by atoms with E-state index in [4.69, 9.17) is 11.6 Å². The number of benzene rings is 2. The molecule has 3 heteroatoms. The molecule has 0 fully saturated rings. The maximum atomic E-state index is 12.2. The van der Waals surface area contributed by atoms with E-state index in [0.717, 1.165) is 11.1 Å². The van der Waals surface area contributed by atoms with E-state index in [0.29, 0.717) is 10.6 Å². The van der Waals surface area contributed by atoms with Crippen LogP contribution >= 0.6 is 11.6 Å². The normalized spacial score (nSPS) is 11.9. The second-order valence-electron chi connectivity index (χ2n) is 4.56. The Hall–Kier alpha value is -1.80. The Balaban J connectivity index is 2.11. The lowest BCUT2D eigenvalue weighted by atomic mass is 10.1. The van der Waals surface area contributed by atoms with Crippen LogP contribution in [0.2, 0.25) is 5.02 Å². The van der Waals surface area contributed by atoms with Gasteiger partial charge in [0, 0.05) is 10.6 Å². The van der Waals surface area contributed by atoms with Crippen LogP contribution in [0.25, 0.3) is 0 Å². The number of carbonyl (C=O) groups is 1. The van der Waals surface area contributed by atoms with Gasteiger partial charge in [0.2, 0.25) is 0 Å². The third kappa shape index (κ3) is 3.36. The molecule has 0 spiro atoms. The van der Waals surface area contributed by atoms with Crippen molar-refractivity contribution in [1.82, 2.24) is 5.32 Å². The van der Waals surface area contributed by atoms with Crippen LogP contribution in [0.4, 0.5) is 0 Å². The average Bonchev–Trinajstić information content (AvgIpc) is 2.39. The second-order valence-corrected chi connectivity index (χ2v) is 5.00. The number of carbonyl (C=O) groups excluding carboxylic acids is 1. The first-order valence-electron chi connectivity index (χ1n) is 6.20. The van der Waals surface area contributed by atoms with Crippen molar-refractivity contribution < 1.29 is 4.79 Å². The van der Waals surface area contributed by atoms with Gasteiger partial charge in [0.15, 0.2) is 0 Å². The van der Waals surface area contributed by atoms with Gasteiger partial charge in [-0.05, 0) is 43.2 Å². The smallest absolute Gasteiger partial charge is 0.252 e. The summed E-state index contributed by atoms with van der Waals surface area (Å²) in [7, 11) is 0. The number of nitrogens with one attached hydrogen (secondary N) is 1. The summed E-state index contributed by atoms with van der Waals surface area (Å²) in [6, 6.07) is 15.0. The lowest BCUT2D eigenvalue weighted by Gasteiger charge is -2.15. The van der Waals surface area contributed by atoms with Gasteiger partial charge in [-0.3, -0.25) is 4.79 Å². The third-order valence-electron chi connectivity index (χ3n) is 3.11. The Bertz CT molecular complexity index is 578. The maximum Gasteiger partial charge on any atom is 0.252 e. The summed E-state index contributed by atoms with van der Waals surface area (Å²) in [5.74, 6) is -0.0550. The topological polar surface area (TPSA) is 29.1 Å². The van der Waals surface area contributed by atoms with Crippen LogP contribution in [-0.2, 0) is 0 Å². The van der Waals surface area contributed by atoms with Crippen LogP contribution in [0.1, 0.15) is 34.5 Å². The molecule has 2 aromatic carbocycles. The van der Waals surface area contributed by atoms with E-state index in [2.05, 4.69) is 5.32 Å². The molecule has 0 aromatic heterocycles. The van der Waals surface area contributed by atoms with Crippen LogP contribution in [0.5, 0.6) is 0 Å². The maximum absolute atomic E-state index is 12.2. The van der Waals surface area contributed by atoms with E-state index >= 15 is 0 Å². The van der Waals surface area contributed by atoms with Gasteiger partial charge >= 0.3 is 0 Å². The fourth-order valence-electron chi connectivity index (χ4n) is 1.94. The molecule has 2 aromatic rings. The highest BCUT2D eigenvalue weighted by atomic mass is 35.5. The van der Waals surface area contributed by atoms with Crippen LogP contribution in [0, 0.1) is 6.92 Å². The molecule has 1 unspecified atom stereocenters. The Morgan fingerprint density at radius 2 is 1.74 bits per heavy atom. The van der Waals surface area contributed by atoms with Crippen LogP contribution in [-0.4, -0.2) is 5.91 Å². The molecule has 98 valence electrons. The molecule has 0 bridgehead atoms. The molecule has 0 aliphatic rings. The fourth-order valence-corrected chi connectivity index (χ4v) is 2.06. The minimum absolute atomic E-state index is 0.0515. The van der Waals surface area contributed by atoms with Crippen molar-refractivity contribution in [2.75, 3.05) is 0 Å². The van der Waals surface area contributed by atoms with E-state index in [9.17, 15) is 4.79 Å². The highest BCUT2D eigenvalue weighted by Crippen LogP contribution is 2.17. The first-order chi connectivity index (χ1) is 9.08. The number of rotatable bonds is 3. The molecule has 0 saturated carbocycles. The number of amides is 1. The van der Waals surface area contributed by atoms with Gasteiger partial charge in [0.05, 0.1) is 6.04 Å². The molecule has 0 aliphatic heterocycles. The summed E-state index contributed by atoms with van der Waals surface area (Å²) < 4.78 is 0. The molecular weight excluding hydrogens is 258 g/mol. The van der Waals surface area contributed by atoms with E-state index < -0.39 is 0 Å². The van der Waals surface area contributed by atoms with Crippen LogP contribution in [0.15, 0.2) is 48.5 Å². The molecule has 0 saturated heterocycles. The summed E-state index contributed by atoms with van der Waals surface area (Å²) in [6.07, 6.45) is 0. The predicted octanol–water partition coefficient (Wildman–Crippen LogP) is 4.14. The molecule has 2 rings (SSSR count). The molecule has 1 N–H and O–H groups in total. The molecule has 0 heterocycles. The largest absolute Gasteiger partial charge is 0.346 e. The number of halogens is 1. The van der Waals surface area contributed by atoms with Gasteiger partial charge in [0.1, 0.15) is 0 Å². The molecule has 1 amide bonds. The molecule has 1 atom stereocenters. The number of aryl methyl sites for hydroxylation is 1. The van der Waals surface area contributed by atoms with Crippen molar-refractivity contribution in [1.29, 1.82) is 0 Å². The minimum Gasteiger partial charge on any atom is -0.346 e. The van der Waals surface area contributed by atoms with Crippen molar-refractivity contribution in [2.24, 2.45) is 0 Å². The lowest BCUT2D eigenvalue weighted by molar-refractivity contribution is 0.0939. The average molecular weight is 274 g/mol. The molecule has 19 heavy (non-hydrogen) atoms. The lowest BCUT2D eigenvalue weighted by Crippen LogP contribution is -2.27. The van der Waals surface area contributed by atoms with Crippen molar-refractivity contribution in [2.45, 2.75) is 19.9 Å². The monoisotopic (exact) mass is 273 g/mol. The van der Waals surface area contributed by atoms with Crippen molar-refractivity contribution in [3.8, 4) is 0 Å². The van der Waals surface area contributed by atoms with Gasteiger partial charge in [-0.15, -0.1) is 0 Å². The first kappa shape index (κ1) is 13.6. The summed E-state index contributed by atoms with van der Waals surface area (Å²) in [4.78, 5) is 12.2. The zero-order valence-electron chi connectivity index (χ0n) is 11.0. The van der Waals surface area contributed by atoms with Crippen LogP contribution in [0.3, 0.4) is 0 Å². The molecular formula is C16H16ClNO. The van der Waals surface area contributed by atoms with E-state index in [1.165, 1.54) is 0 Å². The van der Waals surface area contributed by atoms with Crippen molar-refractivity contribution >= 4 is 17.5 Å². The highest BCUT2D eigenvalue weighted by molar-refractivity contribution is 6.30. The van der Waals surface area contributed by atoms with Gasteiger partial charge in [0.25, 0.3) is 5.91 Å². The standard InChI is InChI=1S/C16H16ClNO/c1-11-5-3-4-6-15(11)16(19)18-12(2)13-7-9-14(17)10-8-13/h3-10,12H,1-2H3,(H,18,19). The molecule has 0 aliphatic carbocycles. The summed E-state index contributed by atoms with van der Waals surface area (Å²) in [5.41, 5.74) is 2.72. The Labute approximate surface area is 118 Å². The first-order valence-corrected chi connectivity index (χ1v) is 6.57. The highest BCUT2D eigenvalue weighted by Gasteiger charge is 2.12. The SMILES string of the molecule is Cc1ccccc1C(=O)NC(C)c1ccc(Cl)cc1. The Morgan fingerprint density at radius 3 is 2.37 bits per heavy atom. The van der Waals surface area contributed by atoms with Crippen LogP contribution < -0.4 is 5.32 Å². The quantitative estimate of drug-likeness (QED) is 0.895. The van der Waals surface area contributed by atoms with Gasteiger partial charge in [-0.1, -0.05) is 41.9 Å². The summed E-state index contributed by atoms with van der Waals surface area (Å²) >= 11 is 5.85. The molecule has 2 nitrogen and oxygen atoms in total. The van der Waals surface area contributed by atoms with E-state index in [1.807, 2.05) is 62.4 Å². The van der Waals surface area contributed by atoms with Gasteiger partial charge in [-0.2, -0.15) is 0 Å². The van der Waals surface area contributed by atoms with E-state index in [-0.39, 0.29) is 11.9 Å². The minimum atomic E-state index is -0.0550. The van der Waals surface area contributed by atoms with Crippen molar-refractivity contribution in [3.63, 3.8) is 0 Å². The van der Waals surface area contributed by atoms with Gasteiger partial charge in [-0.25, -0.2) is 0 Å². The van der Waals surface area contributed by atoms with Gasteiger partial charge < -0.3 is 5.32 Å². The second kappa shape index (κ2) is 5.89. The summed E-state index contributed by atoms with van der Waals surface area (Å²) in [6.45, 7) is 3.89. The number of hydrogen-bond acceptors (Lipinski definition) is 1.